The molecule has 1 aromatic heterocycles. The van der Waals surface area contributed by atoms with Crippen molar-refractivity contribution in [1.82, 2.24) is 9.97 Å². The molecule has 1 aromatic rings. The third kappa shape index (κ3) is 3.08. The molecule has 0 radical (unpaired) electrons. The van der Waals surface area contributed by atoms with Crippen molar-refractivity contribution in [2.24, 2.45) is 0 Å². The molecular formula is C10H10F3N3O2. The van der Waals surface area contributed by atoms with Crippen molar-refractivity contribution in [1.29, 1.82) is 0 Å². The fourth-order valence-corrected chi connectivity index (χ4v) is 1.56. The van der Waals surface area contributed by atoms with Gasteiger partial charge < -0.3 is 10.0 Å². The number of carboxylic acids is 1. The van der Waals surface area contributed by atoms with E-state index in [4.69, 9.17) is 5.11 Å². The Kier molecular flexibility index (Phi) is 3.10. The van der Waals surface area contributed by atoms with Gasteiger partial charge in [-0.05, 0) is 12.8 Å². The fraction of sp³-hybridized carbons (Fsp3) is 0.500. The number of anilines is 1. The van der Waals surface area contributed by atoms with Crippen LogP contribution in [0.1, 0.15) is 23.3 Å². The van der Waals surface area contributed by atoms with Gasteiger partial charge in [-0.2, -0.15) is 13.2 Å². The lowest BCUT2D eigenvalue weighted by Gasteiger charge is -2.24. The molecule has 98 valence electrons. The SMILES string of the molecule is O=C(O)c1cnc(N(CC(F)(F)F)C2CC2)cn1. The highest BCUT2D eigenvalue weighted by Crippen LogP contribution is 2.33. The Morgan fingerprint density at radius 3 is 2.44 bits per heavy atom. The van der Waals surface area contributed by atoms with E-state index >= 15 is 0 Å². The summed E-state index contributed by atoms with van der Waals surface area (Å²) in [5.41, 5.74) is -0.290. The van der Waals surface area contributed by atoms with Crippen molar-refractivity contribution in [3.8, 4) is 0 Å². The molecule has 8 heteroatoms. The Balaban J connectivity index is 2.18. The van der Waals surface area contributed by atoms with Gasteiger partial charge in [0.25, 0.3) is 0 Å². The number of carbonyl (C=O) groups is 1. The second-order valence-electron chi connectivity index (χ2n) is 4.04. The lowest BCUT2D eigenvalue weighted by atomic mass is 10.4. The average Bonchev–Trinajstić information content (AvgIpc) is 3.08. The van der Waals surface area contributed by atoms with Crippen molar-refractivity contribution < 1.29 is 23.1 Å². The first kappa shape index (κ1) is 12.6. The standard InChI is InChI=1S/C10H10F3N3O2/c11-10(12,13)5-16(6-1-2-6)8-4-14-7(3-15-8)9(17)18/h3-4,6H,1-2,5H2,(H,17,18). The van der Waals surface area contributed by atoms with Crippen LogP contribution in [0.2, 0.25) is 0 Å². The van der Waals surface area contributed by atoms with Crippen LogP contribution < -0.4 is 4.90 Å². The summed E-state index contributed by atoms with van der Waals surface area (Å²) in [4.78, 5) is 19.0. The minimum atomic E-state index is -4.32. The summed E-state index contributed by atoms with van der Waals surface area (Å²) in [7, 11) is 0. The Morgan fingerprint density at radius 1 is 1.39 bits per heavy atom. The zero-order valence-electron chi connectivity index (χ0n) is 9.18. The summed E-state index contributed by atoms with van der Waals surface area (Å²) in [6.45, 7) is -1.10. The lowest BCUT2D eigenvalue weighted by Crippen LogP contribution is -2.36. The van der Waals surface area contributed by atoms with E-state index in [9.17, 15) is 18.0 Å². The molecule has 0 unspecified atom stereocenters. The summed E-state index contributed by atoms with van der Waals surface area (Å²) in [6, 6.07) is -0.184. The van der Waals surface area contributed by atoms with E-state index in [2.05, 4.69) is 9.97 Å². The van der Waals surface area contributed by atoms with Gasteiger partial charge in [0.2, 0.25) is 0 Å². The third-order valence-electron chi connectivity index (χ3n) is 2.49. The Labute approximate surface area is 100 Å². The van der Waals surface area contributed by atoms with E-state index in [1.807, 2.05) is 0 Å². The molecule has 0 aromatic carbocycles. The maximum absolute atomic E-state index is 12.4. The Bertz CT molecular complexity index is 443. The van der Waals surface area contributed by atoms with E-state index in [0.717, 1.165) is 17.3 Å². The molecule has 1 saturated carbocycles. The van der Waals surface area contributed by atoms with Gasteiger partial charge in [-0.15, -0.1) is 0 Å². The number of rotatable bonds is 4. The van der Waals surface area contributed by atoms with Gasteiger partial charge in [0.15, 0.2) is 5.69 Å². The van der Waals surface area contributed by atoms with Crippen LogP contribution in [-0.2, 0) is 0 Å². The van der Waals surface area contributed by atoms with Crippen molar-refractivity contribution in [3.05, 3.63) is 18.1 Å². The van der Waals surface area contributed by atoms with Crippen molar-refractivity contribution in [2.45, 2.75) is 25.1 Å². The number of aromatic carboxylic acids is 1. The van der Waals surface area contributed by atoms with Gasteiger partial charge in [-0.3, -0.25) is 0 Å². The summed E-state index contributed by atoms with van der Waals surface area (Å²) >= 11 is 0. The predicted octanol–water partition coefficient (Wildman–Crippen LogP) is 1.71. The molecule has 1 aliphatic rings. The Morgan fingerprint density at radius 2 is 2.06 bits per heavy atom. The van der Waals surface area contributed by atoms with E-state index in [-0.39, 0.29) is 17.6 Å². The maximum Gasteiger partial charge on any atom is 0.405 e. The molecule has 1 N–H and O–H groups in total. The van der Waals surface area contributed by atoms with E-state index in [1.165, 1.54) is 0 Å². The minimum Gasteiger partial charge on any atom is -0.476 e. The highest BCUT2D eigenvalue weighted by atomic mass is 19.4. The predicted molar refractivity (Wildman–Crippen MR) is 55.4 cm³/mol. The summed E-state index contributed by atoms with van der Waals surface area (Å²) in [5.74, 6) is -1.21. The van der Waals surface area contributed by atoms with Crippen molar-refractivity contribution >= 4 is 11.8 Å². The van der Waals surface area contributed by atoms with Gasteiger partial charge in [0, 0.05) is 6.04 Å². The second-order valence-corrected chi connectivity index (χ2v) is 4.04. The van der Waals surface area contributed by atoms with Crippen molar-refractivity contribution in [2.75, 3.05) is 11.4 Å². The summed E-state index contributed by atoms with van der Waals surface area (Å²) < 4.78 is 37.2. The van der Waals surface area contributed by atoms with Gasteiger partial charge in [-0.1, -0.05) is 0 Å². The monoisotopic (exact) mass is 261 g/mol. The number of alkyl halides is 3. The highest BCUT2D eigenvalue weighted by molar-refractivity contribution is 5.84. The molecule has 0 aliphatic heterocycles. The second kappa shape index (κ2) is 4.43. The first-order valence-corrected chi connectivity index (χ1v) is 5.25. The van der Waals surface area contributed by atoms with Crippen LogP contribution in [0, 0.1) is 0 Å². The smallest absolute Gasteiger partial charge is 0.405 e. The van der Waals surface area contributed by atoms with Gasteiger partial charge in [-0.25, -0.2) is 14.8 Å². The molecular weight excluding hydrogens is 251 g/mol. The third-order valence-corrected chi connectivity index (χ3v) is 2.49. The molecule has 1 heterocycles. The molecule has 1 aliphatic carbocycles. The van der Waals surface area contributed by atoms with Crippen LogP contribution in [-0.4, -0.2) is 39.8 Å². The van der Waals surface area contributed by atoms with Gasteiger partial charge >= 0.3 is 12.1 Å². The molecule has 5 nitrogen and oxygen atoms in total. The number of aromatic nitrogens is 2. The molecule has 1 fully saturated rings. The van der Waals surface area contributed by atoms with Crippen LogP contribution in [0.3, 0.4) is 0 Å². The first-order chi connectivity index (χ1) is 8.37. The molecule has 0 bridgehead atoms. The van der Waals surface area contributed by atoms with Gasteiger partial charge in [0.1, 0.15) is 12.4 Å². The van der Waals surface area contributed by atoms with Gasteiger partial charge in [0.05, 0.1) is 12.4 Å². The molecule has 0 atom stereocenters. The van der Waals surface area contributed by atoms with Crippen LogP contribution in [0.4, 0.5) is 19.0 Å². The molecule has 0 saturated heterocycles. The number of nitrogens with zero attached hydrogens (tertiary/aromatic N) is 3. The lowest BCUT2D eigenvalue weighted by molar-refractivity contribution is -0.120. The van der Waals surface area contributed by atoms with Crippen LogP contribution in [0.15, 0.2) is 12.4 Å². The topological polar surface area (TPSA) is 66.3 Å². The zero-order valence-corrected chi connectivity index (χ0v) is 9.18. The van der Waals surface area contributed by atoms with E-state index in [1.54, 1.807) is 0 Å². The Hall–Kier alpha value is -1.86. The number of hydrogen-bond donors (Lipinski definition) is 1. The summed E-state index contributed by atoms with van der Waals surface area (Å²) in [5, 5.41) is 8.63. The molecule has 0 amide bonds. The molecule has 0 spiro atoms. The first-order valence-electron chi connectivity index (χ1n) is 5.25. The fourth-order valence-electron chi connectivity index (χ4n) is 1.56. The maximum atomic E-state index is 12.4. The normalized spacial score (nSPS) is 15.5. The van der Waals surface area contributed by atoms with E-state index < -0.39 is 18.7 Å². The number of halogens is 3. The largest absolute Gasteiger partial charge is 0.476 e. The number of carboxylic acid groups (broad SMARTS) is 1. The van der Waals surface area contributed by atoms with Crippen LogP contribution in [0.25, 0.3) is 0 Å². The average molecular weight is 261 g/mol. The summed E-state index contributed by atoms with van der Waals surface area (Å²) in [6.07, 6.45) is -0.941. The molecule has 2 rings (SSSR count). The zero-order chi connectivity index (χ0) is 13.3. The van der Waals surface area contributed by atoms with E-state index in [0.29, 0.717) is 12.8 Å². The highest BCUT2D eigenvalue weighted by Gasteiger charge is 2.38. The minimum absolute atomic E-state index is 0.0554. The quantitative estimate of drug-likeness (QED) is 0.893. The number of hydrogen-bond acceptors (Lipinski definition) is 4. The molecule has 18 heavy (non-hydrogen) atoms. The van der Waals surface area contributed by atoms with Crippen molar-refractivity contribution in [3.63, 3.8) is 0 Å². The van der Waals surface area contributed by atoms with Crippen LogP contribution in [0.5, 0.6) is 0 Å². The van der Waals surface area contributed by atoms with Crippen LogP contribution >= 0.6 is 0 Å².